The monoisotopic (exact) mass is 444 g/mol. The number of nitrogens with zero attached hydrogens (tertiary/aromatic N) is 2. The Balaban J connectivity index is 1.45. The van der Waals surface area contributed by atoms with Gasteiger partial charge in [-0.2, -0.15) is 0 Å². The summed E-state index contributed by atoms with van der Waals surface area (Å²) in [5.41, 5.74) is 1.39. The van der Waals surface area contributed by atoms with Gasteiger partial charge in [0.25, 0.3) is 0 Å². The lowest BCUT2D eigenvalue weighted by Crippen LogP contribution is -2.19. The van der Waals surface area contributed by atoms with Gasteiger partial charge in [0.2, 0.25) is 11.0 Å². The van der Waals surface area contributed by atoms with Gasteiger partial charge in [0.15, 0.2) is 4.34 Å². The number of thioether (sulfide) groups is 1. The Kier molecular flexibility index (Phi) is 6.93. The van der Waals surface area contributed by atoms with Crippen molar-refractivity contribution in [3.05, 3.63) is 66.0 Å². The largest absolute Gasteiger partial charge is 0.376 e. The molecule has 0 bridgehead atoms. The van der Waals surface area contributed by atoms with Gasteiger partial charge in [-0.1, -0.05) is 53.4 Å². The summed E-state index contributed by atoms with van der Waals surface area (Å²) in [6.45, 7) is 1.51. The number of carbonyl (C=O) groups is 1. The average Bonchev–Trinajstić information content (AvgIpc) is 3.44. The zero-order chi connectivity index (χ0) is 20.8. The van der Waals surface area contributed by atoms with Crippen LogP contribution in [-0.2, 0) is 9.53 Å². The normalized spacial score (nSPS) is 16.9. The van der Waals surface area contributed by atoms with Crippen molar-refractivity contribution in [1.82, 2.24) is 10.2 Å². The lowest BCUT2D eigenvalue weighted by molar-refractivity contribution is -0.115. The third-order valence-corrected chi connectivity index (χ3v) is 6.80. The fourth-order valence-electron chi connectivity index (χ4n) is 3.08. The Morgan fingerprint density at radius 3 is 2.73 bits per heavy atom. The summed E-state index contributed by atoms with van der Waals surface area (Å²) in [4.78, 5) is 13.0. The number of amides is 1. The van der Waals surface area contributed by atoms with E-state index >= 15 is 0 Å². The molecule has 2 atom stereocenters. The quantitative estimate of drug-likeness (QED) is 0.489. The smallest absolute Gasteiger partial charge is 0.242 e. The highest BCUT2D eigenvalue weighted by molar-refractivity contribution is 8.02. The van der Waals surface area contributed by atoms with E-state index in [4.69, 9.17) is 4.74 Å². The number of hydrogen-bond donors (Lipinski definition) is 2. The molecule has 0 saturated carbocycles. The summed E-state index contributed by atoms with van der Waals surface area (Å²) >= 11 is 2.75. The van der Waals surface area contributed by atoms with Crippen LogP contribution in [0.15, 0.2) is 58.9 Å². The number of anilines is 2. The van der Waals surface area contributed by atoms with Crippen LogP contribution in [0.3, 0.4) is 0 Å². The molecule has 2 heterocycles. The Hall–Kier alpha value is -2.49. The molecule has 1 saturated heterocycles. The molecule has 1 fully saturated rings. The first-order valence-electron chi connectivity index (χ1n) is 9.64. The predicted octanol–water partition coefficient (Wildman–Crippen LogP) is 4.74. The van der Waals surface area contributed by atoms with Gasteiger partial charge in [-0.15, -0.1) is 10.2 Å². The van der Waals surface area contributed by atoms with E-state index in [1.54, 1.807) is 0 Å². The molecule has 1 aliphatic heterocycles. The van der Waals surface area contributed by atoms with Gasteiger partial charge in [0, 0.05) is 18.8 Å². The SMILES string of the molecule is O=C(Nc1ccc(F)cc1)[C@@H](Sc1nnc(NC[C@H]2CCCO2)s1)c1ccccc1. The fourth-order valence-corrected chi connectivity index (χ4v) is 5.03. The van der Waals surface area contributed by atoms with Crippen LogP contribution in [0.1, 0.15) is 23.7 Å². The van der Waals surface area contributed by atoms with Crippen molar-refractivity contribution in [3.63, 3.8) is 0 Å². The molecule has 1 aromatic heterocycles. The minimum Gasteiger partial charge on any atom is -0.376 e. The van der Waals surface area contributed by atoms with E-state index in [1.165, 1.54) is 47.4 Å². The van der Waals surface area contributed by atoms with Gasteiger partial charge in [-0.25, -0.2) is 4.39 Å². The van der Waals surface area contributed by atoms with Crippen molar-refractivity contribution in [2.24, 2.45) is 0 Å². The zero-order valence-corrected chi connectivity index (χ0v) is 17.7. The molecule has 156 valence electrons. The first kappa shape index (κ1) is 20.8. The molecule has 3 aromatic rings. The summed E-state index contributed by atoms with van der Waals surface area (Å²) in [6, 6.07) is 15.2. The average molecular weight is 445 g/mol. The molecule has 6 nitrogen and oxygen atoms in total. The third kappa shape index (κ3) is 5.56. The van der Waals surface area contributed by atoms with Gasteiger partial charge in [0.1, 0.15) is 11.1 Å². The van der Waals surface area contributed by atoms with Crippen LogP contribution in [0.5, 0.6) is 0 Å². The molecule has 0 radical (unpaired) electrons. The lowest BCUT2D eigenvalue weighted by Gasteiger charge is -2.15. The maximum absolute atomic E-state index is 13.2. The Labute approximate surface area is 182 Å². The number of nitrogens with one attached hydrogen (secondary N) is 2. The number of rotatable bonds is 8. The minimum absolute atomic E-state index is 0.207. The van der Waals surface area contributed by atoms with Crippen molar-refractivity contribution in [1.29, 1.82) is 0 Å². The molecular formula is C21H21FN4O2S2. The molecule has 4 rings (SSSR count). The van der Waals surface area contributed by atoms with E-state index in [-0.39, 0.29) is 17.8 Å². The van der Waals surface area contributed by atoms with Crippen LogP contribution in [0.4, 0.5) is 15.2 Å². The van der Waals surface area contributed by atoms with Gasteiger partial charge < -0.3 is 15.4 Å². The summed E-state index contributed by atoms with van der Waals surface area (Å²) < 4.78 is 19.5. The second kappa shape index (κ2) is 10.0. The molecule has 0 unspecified atom stereocenters. The maximum atomic E-state index is 13.2. The van der Waals surface area contributed by atoms with E-state index in [9.17, 15) is 9.18 Å². The number of carbonyl (C=O) groups excluding carboxylic acids is 1. The topological polar surface area (TPSA) is 76.1 Å². The van der Waals surface area contributed by atoms with Crippen molar-refractivity contribution >= 4 is 39.8 Å². The Morgan fingerprint density at radius 1 is 1.20 bits per heavy atom. The highest BCUT2D eigenvalue weighted by Gasteiger charge is 2.24. The van der Waals surface area contributed by atoms with Crippen LogP contribution < -0.4 is 10.6 Å². The molecule has 9 heteroatoms. The standard InChI is InChI=1S/C21H21FN4O2S2/c22-15-8-10-16(11-9-15)24-19(27)18(14-5-2-1-3-6-14)29-21-26-25-20(30-21)23-13-17-7-4-12-28-17/h1-3,5-6,8-11,17-18H,4,7,12-13H2,(H,23,25)(H,24,27)/t17-,18+/m1/s1. The van der Waals surface area contributed by atoms with Crippen molar-refractivity contribution < 1.29 is 13.9 Å². The third-order valence-electron chi connectivity index (χ3n) is 4.58. The fraction of sp³-hybridized carbons (Fsp3) is 0.286. The summed E-state index contributed by atoms with van der Waals surface area (Å²) in [6.07, 6.45) is 2.35. The minimum atomic E-state index is -0.518. The zero-order valence-electron chi connectivity index (χ0n) is 16.1. The number of benzene rings is 2. The molecular weight excluding hydrogens is 423 g/mol. The number of halogens is 1. The van der Waals surface area contributed by atoms with E-state index in [0.717, 1.165) is 25.0 Å². The van der Waals surface area contributed by atoms with Crippen LogP contribution in [0.2, 0.25) is 0 Å². The van der Waals surface area contributed by atoms with Crippen LogP contribution in [-0.4, -0.2) is 35.4 Å². The molecule has 2 N–H and O–H groups in total. The first-order chi connectivity index (χ1) is 14.7. The van der Waals surface area contributed by atoms with Gasteiger partial charge in [-0.05, 0) is 42.7 Å². The number of ether oxygens (including phenoxy) is 1. The number of hydrogen-bond acceptors (Lipinski definition) is 7. The van der Waals surface area contributed by atoms with Crippen molar-refractivity contribution in [2.75, 3.05) is 23.8 Å². The first-order valence-corrected chi connectivity index (χ1v) is 11.3. The molecule has 30 heavy (non-hydrogen) atoms. The lowest BCUT2D eigenvalue weighted by atomic mass is 10.1. The molecule has 0 spiro atoms. The molecule has 1 aliphatic rings. The molecule has 2 aromatic carbocycles. The predicted molar refractivity (Wildman–Crippen MR) is 117 cm³/mol. The van der Waals surface area contributed by atoms with Crippen molar-refractivity contribution in [3.8, 4) is 0 Å². The second-order valence-electron chi connectivity index (χ2n) is 6.79. The summed E-state index contributed by atoms with van der Waals surface area (Å²) in [5.74, 6) is -0.555. The molecule has 1 amide bonds. The highest BCUT2D eigenvalue weighted by atomic mass is 32.2. The van der Waals surface area contributed by atoms with E-state index in [2.05, 4.69) is 20.8 Å². The Bertz CT molecular complexity index is 963. The van der Waals surface area contributed by atoms with Gasteiger partial charge >= 0.3 is 0 Å². The van der Waals surface area contributed by atoms with Crippen LogP contribution in [0.25, 0.3) is 0 Å². The van der Waals surface area contributed by atoms with Crippen molar-refractivity contribution in [2.45, 2.75) is 28.5 Å². The Morgan fingerprint density at radius 2 is 2.00 bits per heavy atom. The summed E-state index contributed by atoms with van der Waals surface area (Å²) in [5, 5.41) is 14.7. The van der Waals surface area contributed by atoms with E-state index in [1.807, 2.05) is 30.3 Å². The van der Waals surface area contributed by atoms with Crippen LogP contribution in [0, 0.1) is 5.82 Å². The van der Waals surface area contributed by atoms with E-state index in [0.29, 0.717) is 21.7 Å². The van der Waals surface area contributed by atoms with Crippen LogP contribution >= 0.6 is 23.1 Å². The van der Waals surface area contributed by atoms with Gasteiger partial charge in [-0.3, -0.25) is 4.79 Å². The second-order valence-corrected chi connectivity index (χ2v) is 9.12. The van der Waals surface area contributed by atoms with E-state index < -0.39 is 5.25 Å². The summed E-state index contributed by atoms with van der Waals surface area (Å²) in [7, 11) is 0. The molecule has 0 aliphatic carbocycles. The van der Waals surface area contributed by atoms with Gasteiger partial charge in [0.05, 0.1) is 6.10 Å². The number of aromatic nitrogens is 2. The maximum Gasteiger partial charge on any atom is 0.242 e. The highest BCUT2D eigenvalue weighted by Crippen LogP contribution is 2.38.